The molecule has 0 aliphatic rings. The molecule has 150 valence electrons. The van der Waals surface area contributed by atoms with E-state index in [2.05, 4.69) is 9.46 Å². The van der Waals surface area contributed by atoms with E-state index in [0.717, 1.165) is 5.56 Å². The van der Waals surface area contributed by atoms with Gasteiger partial charge in [0.1, 0.15) is 0 Å². The highest BCUT2D eigenvalue weighted by atomic mass is 32.2. The number of carbonyl (C=O) groups is 2. The van der Waals surface area contributed by atoms with E-state index in [1.54, 1.807) is 51.2 Å². The summed E-state index contributed by atoms with van der Waals surface area (Å²) in [4.78, 5) is 25.9. The highest BCUT2D eigenvalue weighted by Crippen LogP contribution is 2.18. The minimum absolute atomic E-state index is 0.0548. The van der Waals surface area contributed by atoms with Gasteiger partial charge in [-0.15, -0.1) is 0 Å². The van der Waals surface area contributed by atoms with E-state index in [0.29, 0.717) is 23.2 Å². The lowest BCUT2D eigenvalue weighted by molar-refractivity contribution is 0.0600. The second-order valence-electron chi connectivity index (χ2n) is 6.33. The molecule has 0 saturated carbocycles. The van der Waals surface area contributed by atoms with Gasteiger partial charge in [-0.05, 0) is 42.3 Å². The lowest BCUT2D eigenvalue weighted by Gasteiger charge is -2.19. The molecule has 0 spiro atoms. The van der Waals surface area contributed by atoms with Gasteiger partial charge in [0.2, 0.25) is 10.0 Å². The number of sulfonamides is 1. The normalized spacial score (nSPS) is 11.1. The van der Waals surface area contributed by atoms with Gasteiger partial charge in [-0.3, -0.25) is 4.79 Å². The zero-order chi connectivity index (χ0) is 20.9. The van der Waals surface area contributed by atoms with Crippen molar-refractivity contribution in [3.8, 4) is 0 Å². The number of carbonyl (C=O) groups excluding carboxylic acids is 2. The number of nitrogens with one attached hydrogen (secondary N) is 1. The van der Waals surface area contributed by atoms with Gasteiger partial charge in [0.25, 0.3) is 5.91 Å². The zero-order valence-electron chi connectivity index (χ0n) is 16.4. The maximum absolute atomic E-state index is 12.9. The summed E-state index contributed by atoms with van der Waals surface area (Å²) in [5.41, 5.74) is 2.27. The molecule has 2 rings (SSSR count). The molecular formula is C20H24N2O5S. The van der Waals surface area contributed by atoms with Gasteiger partial charge in [0.05, 0.1) is 17.6 Å². The summed E-state index contributed by atoms with van der Waals surface area (Å²) in [5, 5.41) is 0. The third-order valence-corrected chi connectivity index (χ3v) is 5.77. The fourth-order valence-corrected chi connectivity index (χ4v) is 3.75. The molecule has 1 amide bonds. The quantitative estimate of drug-likeness (QED) is 0.715. The molecule has 0 fully saturated rings. The molecule has 2 aromatic carbocycles. The Kier molecular flexibility index (Phi) is 6.93. The summed E-state index contributed by atoms with van der Waals surface area (Å²) < 4.78 is 31.5. The van der Waals surface area contributed by atoms with Gasteiger partial charge in [0, 0.05) is 25.7 Å². The molecule has 7 nitrogen and oxygen atoms in total. The Hall–Kier alpha value is -2.71. The van der Waals surface area contributed by atoms with Crippen molar-refractivity contribution in [3.05, 3.63) is 64.7 Å². The Morgan fingerprint density at radius 3 is 2.32 bits per heavy atom. The third kappa shape index (κ3) is 4.96. The predicted molar refractivity (Wildman–Crippen MR) is 106 cm³/mol. The lowest BCUT2D eigenvalue weighted by atomic mass is 10.1. The van der Waals surface area contributed by atoms with Crippen molar-refractivity contribution in [1.82, 2.24) is 9.62 Å². The van der Waals surface area contributed by atoms with E-state index < -0.39 is 16.0 Å². The average molecular weight is 404 g/mol. The second-order valence-corrected chi connectivity index (χ2v) is 8.09. The first-order valence-electron chi connectivity index (χ1n) is 8.72. The summed E-state index contributed by atoms with van der Waals surface area (Å²) in [7, 11) is -0.693. The molecule has 0 saturated heterocycles. The minimum atomic E-state index is -3.65. The van der Waals surface area contributed by atoms with E-state index >= 15 is 0 Å². The number of ether oxygens (including phenoxy) is 1. The van der Waals surface area contributed by atoms with Crippen LogP contribution in [0.2, 0.25) is 0 Å². The summed E-state index contributed by atoms with van der Waals surface area (Å²) in [6.45, 7) is 4.03. The molecule has 0 radical (unpaired) electrons. The SMILES string of the molecule is CCNS(=O)(=O)c1ccc(C)c(C(=O)N(C)Cc2ccc(C(=O)OC)cc2)c1. The molecule has 8 heteroatoms. The van der Waals surface area contributed by atoms with Crippen LogP contribution in [0.5, 0.6) is 0 Å². The summed E-state index contributed by atoms with van der Waals surface area (Å²) in [6.07, 6.45) is 0. The second kappa shape index (κ2) is 8.99. The van der Waals surface area contributed by atoms with Crippen molar-refractivity contribution in [3.63, 3.8) is 0 Å². The number of hydrogen-bond donors (Lipinski definition) is 1. The van der Waals surface area contributed by atoms with Crippen LogP contribution in [-0.2, 0) is 21.3 Å². The predicted octanol–water partition coefficient (Wildman–Crippen LogP) is 2.35. The van der Waals surface area contributed by atoms with Gasteiger partial charge in [-0.1, -0.05) is 25.1 Å². The van der Waals surface area contributed by atoms with Crippen molar-refractivity contribution in [2.75, 3.05) is 20.7 Å². The Bertz CT molecular complexity index is 969. The number of aryl methyl sites for hydroxylation is 1. The van der Waals surface area contributed by atoms with Gasteiger partial charge in [-0.25, -0.2) is 17.9 Å². The molecule has 0 aliphatic carbocycles. The van der Waals surface area contributed by atoms with Crippen LogP contribution >= 0.6 is 0 Å². The minimum Gasteiger partial charge on any atom is -0.465 e. The van der Waals surface area contributed by atoms with Crippen molar-refractivity contribution in [1.29, 1.82) is 0 Å². The number of amides is 1. The molecule has 28 heavy (non-hydrogen) atoms. The van der Waals surface area contributed by atoms with E-state index in [4.69, 9.17) is 0 Å². The largest absolute Gasteiger partial charge is 0.465 e. The van der Waals surface area contributed by atoms with Crippen LogP contribution in [0, 0.1) is 6.92 Å². The number of methoxy groups -OCH3 is 1. The Morgan fingerprint density at radius 1 is 1.11 bits per heavy atom. The molecular weight excluding hydrogens is 380 g/mol. The maximum Gasteiger partial charge on any atom is 0.337 e. The van der Waals surface area contributed by atoms with Crippen molar-refractivity contribution in [2.45, 2.75) is 25.3 Å². The first-order chi connectivity index (χ1) is 13.2. The standard InChI is InChI=1S/C20H24N2O5S/c1-5-21-28(25,26)17-11-6-14(2)18(12-17)19(23)22(3)13-15-7-9-16(10-8-15)20(24)27-4/h6-12,21H,5,13H2,1-4H3. The van der Waals surface area contributed by atoms with Crippen molar-refractivity contribution < 1.29 is 22.7 Å². The Balaban J connectivity index is 2.22. The first-order valence-corrected chi connectivity index (χ1v) is 10.2. The van der Waals surface area contributed by atoms with Crippen molar-refractivity contribution >= 4 is 21.9 Å². The summed E-state index contributed by atoms with van der Waals surface area (Å²) in [6, 6.07) is 11.3. The van der Waals surface area contributed by atoms with E-state index in [9.17, 15) is 18.0 Å². The van der Waals surface area contributed by atoms with Gasteiger partial charge >= 0.3 is 5.97 Å². The summed E-state index contributed by atoms with van der Waals surface area (Å²) in [5.74, 6) is -0.714. The lowest BCUT2D eigenvalue weighted by Crippen LogP contribution is -2.28. The number of esters is 1. The maximum atomic E-state index is 12.9. The van der Waals surface area contributed by atoms with E-state index in [1.165, 1.54) is 24.1 Å². The molecule has 0 bridgehead atoms. The molecule has 1 N–H and O–H groups in total. The van der Waals surface area contributed by atoms with Crippen LogP contribution in [-0.4, -0.2) is 45.9 Å². The van der Waals surface area contributed by atoms with Crippen LogP contribution in [0.3, 0.4) is 0 Å². The highest BCUT2D eigenvalue weighted by Gasteiger charge is 2.19. The fourth-order valence-electron chi connectivity index (χ4n) is 2.69. The molecule has 0 aliphatic heterocycles. The van der Waals surface area contributed by atoms with Gasteiger partial charge in [-0.2, -0.15) is 0 Å². The molecule has 0 aromatic heterocycles. The molecule has 0 heterocycles. The molecule has 0 unspecified atom stereocenters. The molecule has 0 atom stereocenters. The topological polar surface area (TPSA) is 92.8 Å². The Labute approximate surface area is 165 Å². The summed E-state index contributed by atoms with van der Waals surface area (Å²) >= 11 is 0. The van der Waals surface area contributed by atoms with E-state index in [-0.39, 0.29) is 17.3 Å². The molecule has 2 aromatic rings. The van der Waals surface area contributed by atoms with Crippen LogP contribution in [0.15, 0.2) is 47.4 Å². The smallest absolute Gasteiger partial charge is 0.337 e. The number of rotatable bonds is 7. The fraction of sp³-hybridized carbons (Fsp3) is 0.300. The van der Waals surface area contributed by atoms with Gasteiger partial charge < -0.3 is 9.64 Å². The monoisotopic (exact) mass is 404 g/mol. The van der Waals surface area contributed by atoms with Crippen LogP contribution < -0.4 is 4.72 Å². The number of hydrogen-bond acceptors (Lipinski definition) is 5. The average Bonchev–Trinajstić information content (AvgIpc) is 2.67. The third-order valence-electron chi connectivity index (χ3n) is 4.23. The van der Waals surface area contributed by atoms with Crippen LogP contribution in [0.25, 0.3) is 0 Å². The number of nitrogens with zero attached hydrogens (tertiary/aromatic N) is 1. The van der Waals surface area contributed by atoms with Crippen LogP contribution in [0.1, 0.15) is 38.8 Å². The first kappa shape index (κ1) is 21.6. The van der Waals surface area contributed by atoms with Gasteiger partial charge in [0.15, 0.2) is 0 Å². The number of benzene rings is 2. The van der Waals surface area contributed by atoms with Crippen LogP contribution in [0.4, 0.5) is 0 Å². The van der Waals surface area contributed by atoms with E-state index in [1.807, 2.05) is 0 Å². The van der Waals surface area contributed by atoms with Crippen molar-refractivity contribution in [2.24, 2.45) is 0 Å². The Morgan fingerprint density at radius 2 is 1.75 bits per heavy atom. The zero-order valence-corrected chi connectivity index (χ0v) is 17.2. The highest BCUT2D eigenvalue weighted by molar-refractivity contribution is 7.89.